The quantitative estimate of drug-likeness (QED) is 0.776. The van der Waals surface area contributed by atoms with E-state index in [-0.39, 0.29) is 18.9 Å². The van der Waals surface area contributed by atoms with E-state index in [4.69, 9.17) is 10.2 Å². The molecule has 1 aliphatic heterocycles. The van der Waals surface area contributed by atoms with Gasteiger partial charge in [-0.05, 0) is 25.8 Å². The maximum Gasteiger partial charge on any atom is 0.257 e. The molecule has 3 N–H and O–H groups in total. The molecule has 0 aliphatic carbocycles. The predicted octanol–water partition coefficient (Wildman–Crippen LogP) is 0.0404. The first-order valence-electron chi connectivity index (χ1n) is 5.79. The number of primary amides is 1. The van der Waals surface area contributed by atoms with Crippen LogP contribution in [-0.4, -0.2) is 40.5 Å². The maximum atomic E-state index is 12.1. The van der Waals surface area contributed by atoms with Crippen molar-refractivity contribution in [3.05, 3.63) is 23.7 Å². The first-order valence-corrected chi connectivity index (χ1v) is 5.79. The molecule has 1 aromatic rings. The van der Waals surface area contributed by atoms with E-state index in [1.165, 1.54) is 11.2 Å². The molecule has 1 fully saturated rings. The third-order valence-corrected chi connectivity index (χ3v) is 3.19. The largest absolute Gasteiger partial charge is 0.469 e. The summed E-state index contributed by atoms with van der Waals surface area (Å²) in [5.41, 5.74) is 3.96. The van der Waals surface area contributed by atoms with Crippen molar-refractivity contribution in [3.63, 3.8) is 0 Å². The average Bonchev–Trinajstić information content (AvgIpc) is 2.75. The highest BCUT2D eigenvalue weighted by molar-refractivity contribution is 5.95. The average molecular weight is 252 g/mol. The molecule has 0 bridgehead atoms. The zero-order valence-corrected chi connectivity index (χ0v) is 10.2. The number of hydrogen-bond donors (Lipinski definition) is 2. The lowest BCUT2D eigenvalue weighted by Crippen LogP contribution is -2.57. The summed E-state index contributed by atoms with van der Waals surface area (Å²) in [6.07, 6.45) is 2.20. The van der Waals surface area contributed by atoms with Crippen LogP contribution in [-0.2, 0) is 4.79 Å². The highest BCUT2D eigenvalue weighted by atomic mass is 16.3. The molecule has 1 atom stereocenters. The van der Waals surface area contributed by atoms with Crippen molar-refractivity contribution in [2.75, 3.05) is 13.1 Å². The SMILES string of the molecule is Cc1cc(C(=O)N2CCC[C@@](O)(C(N)=O)C2)co1. The highest BCUT2D eigenvalue weighted by Gasteiger charge is 2.40. The molecular formula is C12H16N2O4. The Hall–Kier alpha value is -1.82. The van der Waals surface area contributed by atoms with E-state index in [1.807, 2.05) is 0 Å². The molecule has 98 valence electrons. The van der Waals surface area contributed by atoms with Gasteiger partial charge in [0, 0.05) is 6.54 Å². The van der Waals surface area contributed by atoms with Crippen LogP contribution in [0.2, 0.25) is 0 Å². The van der Waals surface area contributed by atoms with Crippen molar-refractivity contribution in [2.24, 2.45) is 5.73 Å². The molecule has 6 nitrogen and oxygen atoms in total. The van der Waals surface area contributed by atoms with E-state index < -0.39 is 11.5 Å². The molecule has 1 aromatic heterocycles. The smallest absolute Gasteiger partial charge is 0.257 e. The summed E-state index contributed by atoms with van der Waals surface area (Å²) in [6, 6.07) is 1.63. The number of aryl methyl sites for hydroxylation is 1. The minimum absolute atomic E-state index is 0.0641. The molecule has 0 unspecified atom stereocenters. The van der Waals surface area contributed by atoms with Crippen LogP contribution in [0.15, 0.2) is 16.7 Å². The Bertz CT molecular complexity index is 482. The van der Waals surface area contributed by atoms with Crippen molar-refractivity contribution in [3.8, 4) is 0 Å². The molecule has 1 saturated heterocycles. The number of piperidine rings is 1. The van der Waals surface area contributed by atoms with Gasteiger partial charge in [-0.3, -0.25) is 9.59 Å². The van der Waals surface area contributed by atoms with Crippen molar-refractivity contribution in [1.82, 2.24) is 4.90 Å². The number of nitrogens with zero attached hydrogens (tertiary/aromatic N) is 1. The molecule has 6 heteroatoms. The highest BCUT2D eigenvalue weighted by Crippen LogP contribution is 2.22. The second-order valence-corrected chi connectivity index (χ2v) is 4.67. The van der Waals surface area contributed by atoms with E-state index >= 15 is 0 Å². The number of β-amino-alcohol motifs (C(OH)–C–C–N with tert-alkyl or cyclic N) is 1. The number of aliphatic hydroxyl groups is 1. The van der Waals surface area contributed by atoms with Gasteiger partial charge < -0.3 is 20.2 Å². The summed E-state index contributed by atoms with van der Waals surface area (Å²) in [7, 11) is 0. The van der Waals surface area contributed by atoms with Crippen LogP contribution >= 0.6 is 0 Å². The fraction of sp³-hybridized carbons (Fsp3) is 0.500. The summed E-state index contributed by atoms with van der Waals surface area (Å²) in [4.78, 5) is 24.8. The van der Waals surface area contributed by atoms with Gasteiger partial charge in [0.15, 0.2) is 5.60 Å². The predicted molar refractivity (Wildman–Crippen MR) is 62.7 cm³/mol. The molecule has 0 radical (unpaired) electrons. The summed E-state index contributed by atoms with van der Waals surface area (Å²) >= 11 is 0. The Balaban J connectivity index is 2.14. The lowest BCUT2D eigenvalue weighted by Gasteiger charge is -2.36. The third kappa shape index (κ3) is 2.24. The van der Waals surface area contributed by atoms with Crippen LogP contribution in [0.4, 0.5) is 0 Å². The van der Waals surface area contributed by atoms with Gasteiger partial charge in [-0.2, -0.15) is 0 Å². The number of amides is 2. The van der Waals surface area contributed by atoms with Gasteiger partial charge >= 0.3 is 0 Å². The Labute approximate surface area is 104 Å². The van der Waals surface area contributed by atoms with Crippen molar-refractivity contribution < 1.29 is 19.1 Å². The van der Waals surface area contributed by atoms with E-state index in [0.717, 1.165) is 0 Å². The van der Waals surface area contributed by atoms with Gasteiger partial charge in [0.1, 0.15) is 12.0 Å². The Morgan fingerprint density at radius 1 is 1.56 bits per heavy atom. The maximum absolute atomic E-state index is 12.1. The minimum Gasteiger partial charge on any atom is -0.469 e. The molecule has 18 heavy (non-hydrogen) atoms. The minimum atomic E-state index is -1.62. The first kappa shape index (κ1) is 12.6. The second kappa shape index (κ2) is 4.45. The second-order valence-electron chi connectivity index (χ2n) is 4.67. The van der Waals surface area contributed by atoms with Gasteiger partial charge in [-0.15, -0.1) is 0 Å². The summed E-state index contributed by atoms with van der Waals surface area (Å²) < 4.78 is 5.07. The zero-order chi connectivity index (χ0) is 13.3. The Kier molecular flexibility index (Phi) is 3.13. The van der Waals surface area contributed by atoms with Crippen LogP contribution in [0.1, 0.15) is 29.0 Å². The Morgan fingerprint density at radius 3 is 2.83 bits per heavy atom. The summed E-state index contributed by atoms with van der Waals surface area (Å²) in [6.45, 7) is 2.18. The molecule has 0 spiro atoms. The monoisotopic (exact) mass is 252 g/mol. The van der Waals surface area contributed by atoms with E-state index in [9.17, 15) is 14.7 Å². The Morgan fingerprint density at radius 2 is 2.28 bits per heavy atom. The first-order chi connectivity index (χ1) is 8.42. The number of rotatable bonds is 2. The third-order valence-electron chi connectivity index (χ3n) is 3.19. The number of likely N-dealkylation sites (tertiary alicyclic amines) is 1. The lowest BCUT2D eigenvalue weighted by atomic mass is 9.92. The topological polar surface area (TPSA) is 96.8 Å². The van der Waals surface area contributed by atoms with Crippen LogP contribution in [0.5, 0.6) is 0 Å². The van der Waals surface area contributed by atoms with Gasteiger partial charge in [0.05, 0.1) is 12.1 Å². The normalized spacial score (nSPS) is 24.0. The van der Waals surface area contributed by atoms with E-state index in [2.05, 4.69) is 0 Å². The van der Waals surface area contributed by atoms with E-state index in [1.54, 1.807) is 13.0 Å². The number of furan rings is 1. The zero-order valence-electron chi connectivity index (χ0n) is 10.2. The molecule has 2 rings (SSSR count). The summed E-state index contributed by atoms with van der Waals surface area (Å²) in [5, 5.41) is 10.0. The van der Waals surface area contributed by atoms with Crippen LogP contribution in [0.3, 0.4) is 0 Å². The van der Waals surface area contributed by atoms with Crippen molar-refractivity contribution >= 4 is 11.8 Å². The standard InChI is InChI=1S/C12H16N2O4/c1-8-5-9(6-18-8)10(15)14-4-2-3-12(17,7-14)11(13)16/h5-6,17H,2-4,7H2,1H3,(H2,13,16)/t12-/m0/s1. The van der Waals surface area contributed by atoms with Gasteiger partial charge in [0.25, 0.3) is 11.8 Å². The lowest BCUT2D eigenvalue weighted by molar-refractivity contribution is -0.140. The van der Waals surface area contributed by atoms with Crippen LogP contribution < -0.4 is 5.73 Å². The number of carbonyl (C=O) groups is 2. The molecule has 0 aromatic carbocycles. The number of nitrogens with two attached hydrogens (primary N) is 1. The molecule has 1 aliphatic rings. The number of hydrogen-bond acceptors (Lipinski definition) is 4. The van der Waals surface area contributed by atoms with Gasteiger partial charge in [0.2, 0.25) is 0 Å². The molecular weight excluding hydrogens is 236 g/mol. The summed E-state index contributed by atoms with van der Waals surface area (Å²) in [5.74, 6) is -0.407. The van der Waals surface area contributed by atoms with Gasteiger partial charge in [-0.25, -0.2) is 0 Å². The fourth-order valence-electron chi connectivity index (χ4n) is 2.15. The van der Waals surface area contributed by atoms with Crippen LogP contribution in [0, 0.1) is 6.92 Å². The fourth-order valence-corrected chi connectivity index (χ4v) is 2.15. The van der Waals surface area contributed by atoms with Crippen molar-refractivity contribution in [1.29, 1.82) is 0 Å². The molecule has 0 saturated carbocycles. The molecule has 2 amide bonds. The number of carbonyl (C=O) groups excluding carboxylic acids is 2. The van der Waals surface area contributed by atoms with E-state index in [0.29, 0.717) is 24.3 Å². The van der Waals surface area contributed by atoms with Crippen LogP contribution in [0.25, 0.3) is 0 Å². The van der Waals surface area contributed by atoms with Gasteiger partial charge in [-0.1, -0.05) is 0 Å². The molecule has 2 heterocycles. The van der Waals surface area contributed by atoms with Crippen molar-refractivity contribution in [2.45, 2.75) is 25.4 Å².